The first kappa shape index (κ1) is 14.8. The third-order valence-corrected chi connectivity index (χ3v) is 3.27. The predicted molar refractivity (Wildman–Crippen MR) is 86.7 cm³/mol. The van der Waals surface area contributed by atoms with Gasteiger partial charge < -0.3 is 11.1 Å². The number of carbonyl (C=O) groups excluding carboxylic acids is 1. The molecule has 6 heteroatoms. The van der Waals surface area contributed by atoms with E-state index in [1.807, 2.05) is 0 Å². The van der Waals surface area contributed by atoms with Crippen LogP contribution in [0.15, 0.2) is 42.5 Å². The molecule has 0 bridgehead atoms. The Bertz CT molecular complexity index is 689. The quantitative estimate of drug-likeness (QED) is 0.842. The van der Waals surface area contributed by atoms with Crippen molar-refractivity contribution in [3.8, 4) is 0 Å². The van der Waals surface area contributed by atoms with Gasteiger partial charge in [0.15, 0.2) is 0 Å². The highest BCUT2D eigenvalue weighted by atomic mass is 35.5. The summed E-state index contributed by atoms with van der Waals surface area (Å²) in [5.41, 5.74) is 7.08. The standard InChI is InChI=1S/C14H10Cl2N2OS/c15-9-3-1-2-8(6-9)14(19)18-12-7-10(16)4-5-11(12)13(17)20/h1-7H,(H2,17,20)(H,18,19). The molecule has 0 atom stereocenters. The highest BCUT2D eigenvalue weighted by molar-refractivity contribution is 7.80. The van der Waals surface area contributed by atoms with E-state index in [9.17, 15) is 4.79 Å². The number of halogens is 2. The Morgan fingerprint density at radius 1 is 1.10 bits per heavy atom. The summed E-state index contributed by atoms with van der Waals surface area (Å²) in [6, 6.07) is 11.5. The summed E-state index contributed by atoms with van der Waals surface area (Å²) < 4.78 is 0. The average Bonchev–Trinajstić information content (AvgIpc) is 2.38. The fourth-order valence-corrected chi connectivity index (χ4v) is 2.20. The summed E-state index contributed by atoms with van der Waals surface area (Å²) in [5, 5.41) is 3.69. The van der Waals surface area contributed by atoms with Gasteiger partial charge in [0.25, 0.3) is 5.91 Å². The molecule has 0 aromatic heterocycles. The van der Waals surface area contributed by atoms with Crippen molar-refractivity contribution in [2.45, 2.75) is 0 Å². The Balaban J connectivity index is 2.32. The van der Waals surface area contributed by atoms with Crippen LogP contribution in [0.4, 0.5) is 5.69 Å². The molecule has 0 spiro atoms. The lowest BCUT2D eigenvalue weighted by molar-refractivity contribution is 0.102. The second-order valence-corrected chi connectivity index (χ2v) is 5.33. The minimum atomic E-state index is -0.313. The molecule has 2 aromatic rings. The van der Waals surface area contributed by atoms with Crippen LogP contribution >= 0.6 is 35.4 Å². The summed E-state index contributed by atoms with van der Waals surface area (Å²) in [6.07, 6.45) is 0. The van der Waals surface area contributed by atoms with Gasteiger partial charge in [-0.25, -0.2) is 0 Å². The van der Waals surface area contributed by atoms with E-state index in [0.29, 0.717) is 26.9 Å². The van der Waals surface area contributed by atoms with E-state index < -0.39 is 0 Å². The molecule has 0 radical (unpaired) electrons. The lowest BCUT2D eigenvalue weighted by Gasteiger charge is -2.11. The van der Waals surface area contributed by atoms with Crippen molar-refractivity contribution in [1.29, 1.82) is 0 Å². The lowest BCUT2D eigenvalue weighted by atomic mass is 10.1. The summed E-state index contributed by atoms with van der Waals surface area (Å²) in [5.74, 6) is -0.313. The van der Waals surface area contributed by atoms with Gasteiger partial charge in [-0.15, -0.1) is 0 Å². The van der Waals surface area contributed by atoms with Gasteiger partial charge in [0, 0.05) is 21.2 Å². The normalized spacial score (nSPS) is 10.1. The molecule has 1 amide bonds. The van der Waals surface area contributed by atoms with Gasteiger partial charge in [0.05, 0.1) is 5.69 Å². The summed E-state index contributed by atoms with van der Waals surface area (Å²) in [4.78, 5) is 12.3. The van der Waals surface area contributed by atoms with Gasteiger partial charge in [0.1, 0.15) is 4.99 Å². The molecule has 0 saturated heterocycles. The van der Waals surface area contributed by atoms with Gasteiger partial charge in [-0.1, -0.05) is 41.5 Å². The highest BCUT2D eigenvalue weighted by Gasteiger charge is 2.11. The largest absolute Gasteiger partial charge is 0.389 e. The van der Waals surface area contributed by atoms with E-state index in [0.717, 1.165) is 0 Å². The van der Waals surface area contributed by atoms with Crippen molar-refractivity contribution in [3.63, 3.8) is 0 Å². The maximum absolute atomic E-state index is 12.2. The number of anilines is 1. The van der Waals surface area contributed by atoms with Crippen molar-refractivity contribution in [3.05, 3.63) is 63.6 Å². The van der Waals surface area contributed by atoms with Crippen LogP contribution in [0.2, 0.25) is 10.0 Å². The van der Waals surface area contributed by atoms with E-state index in [2.05, 4.69) is 5.32 Å². The number of amides is 1. The maximum Gasteiger partial charge on any atom is 0.255 e. The molecular formula is C14H10Cl2N2OS. The molecule has 3 N–H and O–H groups in total. The van der Waals surface area contributed by atoms with Gasteiger partial charge >= 0.3 is 0 Å². The van der Waals surface area contributed by atoms with Crippen molar-refractivity contribution < 1.29 is 4.79 Å². The van der Waals surface area contributed by atoms with Gasteiger partial charge in [0.2, 0.25) is 0 Å². The molecule has 3 nitrogen and oxygen atoms in total. The Labute approximate surface area is 131 Å². The Morgan fingerprint density at radius 2 is 1.80 bits per heavy atom. The molecule has 2 aromatic carbocycles. The Kier molecular flexibility index (Phi) is 4.60. The number of thiocarbonyl (C=S) groups is 1. The predicted octanol–water partition coefficient (Wildman–Crippen LogP) is 3.88. The van der Waals surface area contributed by atoms with Crippen LogP contribution in [0.1, 0.15) is 15.9 Å². The zero-order valence-corrected chi connectivity index (χ0v) is 12.5. The average molecular weight is 325 g/mol. The first-order valence-electron chi connectivity index (χ1n) is 5.63. The smallest absolute Gasteiger partial charge is 0.255 e. The van der Waals surface area contributed by atoms with Crippen molar-refractivity contribution >= 4 is 52.0 Å². The maximum atomic E-state index is 12.2. The Hall–Kier alpha value is -1.62. The van der Waals surface area contributed by atoms with Crippen molar-refractivity contribution in [2.75, 3.05) is 5.32 Å². The third kappa shape index (κ3) is 3.48. The number of hydrogen-bond donors (Lipinski definition) is 2. The number of benzene rings is 2. The number of carbonyl (C=O) groups is 1. The molecular weight excluding hydrogens is 315 g/mol. The lowest BCUT2D eigenvalue weighted by Crippen LogP contribution is -2.17. The molecule has 0 aliphatic rings. The molecule has 0 saturated carbocycles. The minimum Gasteiger partial charge on any atom is -0.389 e. The van der Waals surface area contributed by atoms with E-state index in [4.69, 9.17) is 41.2 Å². The monoisotopic (exact) mass is 324 g/mol. The van der Waals surface area contributed by atoms with Gasteiger partial charge in [-0.3, -0.25) is 4.79 Å². The van der Waals surface area contributed by atoms with Gasteiger partial charge in [-0.05, 0) is 36.4 Å². The van der Waals surface area contributed by atoms with Crippen molar-refractivity contribution in [1.82, 2.24) is 0 Å². The molecule has 0 aliphatic carbocycles. The summed E-state index contributed by atoms with van der Waals surface area (Å²) in [6.45, 7) is 0. The summed E-state index contributed by atoms with van der Waals surface area (Å²) >= 11 is 16.7. The van der Waals surface area contributed by atoms with E-state index in [-0.39, 0.29) is 10.9 Å². The van der Waals surface area contributed by atoms with Crippen LogP contribution in [0, 0.1) is 0 Å². The van der Waals surface area contributed by atoms with Crippen molar-refractivity contribution in [2.24, 2.45) is 5.73 Å². The molecule has 0 aliphatic heterocycles. The SMILES string of the molecule is NC(=S)c1ccc(Cl)cc1NC(=O)c1cccc(Cl)c1. The van der Waals surface area contributed by atoms with E-state index >= 15 is 0 Å². The molecule has 102 valence electrons. The number of nitrogens with one attached hydrogen (secondary N) is 1. The number of hydrogen-bond acceptors (Lipinski definition) is 2. The zero-order chi connectivity index (χ0) is 14.7. The Morgan fingerprint density at radius 3 is 2.45 bits per heavy atom. The second-order valence-electron chi connectivity index (χ2n) is 4.02. The number of nitrogens with two attached hydrogens (primary N) is 1. The number of rotatable bonds is 3. The first-order chi connectivity index (χ1) is 9.47. The molecule has 0 fully saturated rings. The fraction of sp³-hybridized carbons (Fsp3) is 0. The van der Waals surface area contributed by atoms with Crippen LogP contribution in [-0.4, -0.2) is 10.9 Å². The minimum absolute atomic E-state index is 0.183. The first-order valence-corrected chi connectivity index (χ1v) is 6.80. The van der Waals surface area contributed by atoms with Crippen LogP contribution < -0.4 is 11.1 Å². The zero-order valence-electron chi connectivity index (χ0n) is 10.2. The van der Waals surface area contributed by atoms with Crippen LogP contribution in [0.3, 0.4) is 0 Å². The topological polar surface area (TPSA) is 55.1 Å². The molecule has 0 heterocycles. The molecule has 2 rings (SSSR count). The summed E-state index contributed by atoms with van der Waals surface area (Å²) in [7, 11) is 0. The van der Waals surface area contributed by atoms with E-state index in [1.54, 1.807) is 42.5 Å². The van der Waals surface area contributed by atoms with Crippen LogP contribution in [0.25, 0.3) is 0 Å². The van der Waals surface area contributed by atoms with Crippen LogP contribution in [-0.2, 0) is 0 Å². The molecule has 0 unspecified atom stereocenters. The second kappa shape index (κ2) is 6.22. The van der Waals surface area contributed by atoms with Crippen LogP contribution in [0.5, 0.6) is 0 Å². The van der Waals surface area contributed by atoms with E-state index in [1.165, 1.54) is 0 Å². The highest BCUT2D eigenvalue weighted by Crippen LogP contribution is 2.22. The fourth-order valence-electron chi connectivity index (χ4n) is 1.66. The molecule has 20 heavy (non-hydrogen) atoms. The third-order valence-electron chi connectivity index (χ3n) is 2.58. The van der Waals surface area contributed by atoms with Gasteiger partial charge in [-0.2, -0.15) is 0 Å².